The first-order valence-electron chi connectivity index (χ1n) is 7.90. The van der Waals surface area contributed by atoms with Gasteiger partial charge in [-0.3, -0.25) is 9.59 Å². The van der Waals surface area contributed by atoms with Crippen molar-refractivity contribution in [3.8, 4) is 0 Å². The predicted octanol–water partition coefficient (Wildman–Crippen LogP) is 2.86. The number of carbonyl (C=O) groups excluding carboxylic acids is 2. The molecule has 0 saturated heterocycles. The Bertz CT molecular complexity index is 620. The van der Waals surface area contributed by atoms with Crippen LogP contribution < -0.4 is 0 Å². The van der Waals surface area contributed by atoms with Gasteiger partial charge in [0, 0.05) is 0 Å². The van der Waals surface area contributed by atoms with Crippen molar-refractivity contribution >= 4 is 11.6 Å². The fourth-order valence-corrected chi connectivity index (χ4v) is 3.06. The Labute approximate surface area is 141 Å². The molecular formula is C20H22O4. The smallest absolute Gasteiger partial charge is 0.136 e. The molecule has 126 valence electrons. The van der Waals surface area contributed by atoms with Gasteiger partial charge in [-0.15, -0.1) is 0 Å². The third-order valence-electron chi connectivity index (χ3n) is 4.29. The van der Waals surface area contributed by atoms with Gasteiger partial charge in [0.15, 0.2) is 0 Å². The molecule has 0 aliphatic carbocycles. The second-order valence-electron chi connectivity index (χ2n) is 5.98. The lowest BCUT2D eigenvalue weighted by Crippen LogP contribution is -2.36. The van der Waals surface area contributed by atoms with E-state index in [-0.39, 0.29) is 11.6 Å². The molecule has 0 bridgehead atoms. The van der Waals surface area contributed by atoms with Gasteiger partial charge >= 0.3 is 0 Å². The minimum atomic E-state index is -1.16. The standard InChI is InChI=1S/C20H22O4/c1-13(21)17(19(23)15-9-5-3-6-10-15)18(14(2)22)20(24)16-11-7-4-8-12-16/h3-12,17-20,23-24H,1-2H3. The quantitative estimate of drug-likeness (QED) is 0.820. The fraction of sp³-hybridized carbons (Fsp3) is 0.300. The van der Waals surface area contributed by atoms with Crippen LogP contribution in [-0.4, -0.2) is 21.8 Å². The molecule has 2 N–H and O–H groups in total. The Hall–Kier alpha value is -2.30. The summed E-state index contributed by atoms with van der Waals surface area (Å²) in [4.78, 5) is 24.4. The summed E-state index contributed by atoms with van der Waals surface area (Å²) in [5, 5.41) is 21.4. The molecule has 4 nitrogen and oxygen atoms in total. The predicted molar refractivity (Wildman–Crippen MR) is 91.1 cm³/mol. The van der Waals surface area contributed by atoms with E-state index in [0.29, 0.717) is 11.1 Å². The summed E-state index contributed by atoms with van der Waals surface area (Å²) in [6.45, 7) is 2.68. The molecule has 0 fully saturated rings. The maximum Gasteiger partial charge on any atom is 0.136 e. The van der Waals surface area contributed by atoms with Crippen LogP contribution in [0, 0.1) is 11.8 Å². The maximum absolute atomic E-state index is 12.2. The minimum absolute atomic E-state index is 0.332. The molecule has 2 aromatic rings. The molecule has 0 aliphatic rings. The lowest BCUT2D eigenvalue weighted by Gasteiger charge is -2.31. The zero-order chi connectivity index (χ0) is 17.7. The van der Waals surface area contributed by atoms with Gasteiger partial charge in [0.05, 0.1) is 24.0 Å². The summed E-state index contributed by atoms with van der Waals surface area (Å²) >= 11 is 0. The van der Waals surface area contributed by atoms with Gasteiger partial charge in [-0.2, -0.15) is 0 Å². The second-order valence-corrected chi connectivity index (χ2v) is 5.98. The molecule has 4 unspecified atom stereocenters. The molecule has 0 heterocycles. The van der Waals surface area contributed by atoms with Crippen LogP contribution in [0.15, 0.2) is 60.7 Å². The number of benzene rings is 2. The molecule has 2 aromatic carbocycles. The zero-order valence-electron chi connectivity index (χ0n) is 13.8. The maximum atomic E-state index is 12.2. The van der Waals surface area contributed by atoms with Gasteiger partial charge in [-0.1, -0.05) is 60.7 Å². The van der Waals surface area contributed by atoms with Crippen molar-refractivity contribution in [1.29, 1.82) is 0 Å². The highest BCUT2D eigenvalue weighted by atomic mass is 16.3. The summed E-state index contributed by atoms with van der Waals surface area (Å²) in [5.74, 6) is -2.69. The molecule has 0 aliphatic heterocycles. The van der Waals surface area contributed by atoms with Crippen LogP contribution >= 0.6 is 0 Å². The van der Waals surface area contributed by atoms with E-state index in [0.717, 1.165) is 0 Å². The monoisotopic (exact) mass is 326 g/mol. The van der Waals surface area contributed by atoms with Gasteiger partial charge in [-0.05, 0) is 25.0 Å². The number of rotatable bonds is 7. The molecule has 2 rings (SSSR count). The van der Waals surface area contributed by atoms with E-state index in [2.05, 4.69) is 0 Å². The van der Waals surface area contributed by atoms with Crippen molar-refractivity contribution in [2.45, 2.75) is 26.1 Å². The van der Waals surface area contributed by atoms with Crippen molar-refractivity contribution in [3.63, 3.8) is 0 Å². The van der Waals surface area contributed by atoms with Crippen LogP contribution in [-0.2, 0) is 9.59 Å². The second kappa shape index (κ2) is 7.99. The first-order valence-corrected chi connectivity index (χ1v) is 7.90. The Morgan fingerprint density at radius 2 is 0.958 bits per heavy atom. The molecule has 24 heavy (non-hydrogen) atoms. The van der Waals surface area contributed by atoms with Crippen molar-refractivity contribution in [2.75, 3.05) is 0 Å². The highest BCUT2D eigenvalue weighted by Crippen LogP contribution is 2.37. The van der Waals surface area contributed by atoms with Gasteiger partial charge in [-0.25, -0.2) is 0 Å². The number of aliphatic hydroxyl groups is 2. The Balaban J connectivity index is 2.41. The fourth-order valence-electron chi connectivity index (χ4n) is 3.06. The third-order valence-corrected chi connectivity index (χ3v) is 4.29. The Morgan fingerprint density at radius 3 is 1.21 bits per heavy atom. The topological polar surface area (TPSA) is 74.6 Å². The highest BCUT2D eigenvalue weighted by Gasteiger charge is 2.40. The minimum Gasteiger partial charge on any atom is -0.388 e. The van der Waals surface area contributed by atoms with E-state index in [1.165, 1.54) is 13.8 Å². The largest absolute Gasteiger partial charge is 0.388 e. The van der Waals surface area contributed by atoms with Crippen LogP contribution in [0.3, 0.4) is 0 Å². The summed E-state index contributed by atoms with van der Waals surface area (Å²) in [5.41, 5.74) is 1.09. The molecule has 4 heteroatoms. The lowest BCUT2D eigenvalue weighted by molar-refractivity contribution is -0.140. The van der Waals surface area contributed by atoms with E-state index in [9.17, 15) is 19.8 Å². The number of ketones is 2. The van der Waals surface area contributed by atoms with Gasteiger partial charge in [0.2, 0.25) is 0 Å². The highest BCUT2D eigenvalue weighted by molar-refractivity contribution is 5.88. The number of hydrogen-bond donors (Lipinski definition) is 2. The normalized spacial score (nSPS) is 16.0. The number of carbonyl (C=O) groups is 2. The average Bonchev–Trinajstić information content (AvgIpc) is 2.59. The summed E-state index contributed by atoms with van der Waals surface area (Å²) < 4.78 is 0. The van der Waals surface area contributed by atoms with Gasteiger partial charge in [0.25, 0.3) is 0 Å². The Kier molecular flexibility index (Phi) is 6.01. The van der Waals surface area contributed by atoms with E-state index >= 15 is 0 Å². The molecule has 0 spiro atoms. The first kappa shape index (κ1) is 18.0. The molecule has 0 radical (unpaired) electrons. The Morgan fingerprint density at radius 1 is 0.667 bits per heavy atom. The van der Waals surface area contributed by atoms with Gasteiger partial charge < -0.3 is 10.2 Å². The third kappa shape index (κ3) is 3.96. The molecule has 0 aromatic heterocycles. The van der Waals surface area contributed by atoms with Gasteiger partial charge in [0.1, 0.15) is 11.6 Å². The van der Waals surface area contributed by atoms with Crippen molar-refractivity contribution < 1.29 is 19.8 Å². The molecule has 0 saturated carbocycles. The molecular weight excluding hydrogens is 304 g/mol. The number of hydrogen-bond acceptors (Lipinski definition) is 4. The van der Waals surface area contributed by atoms with E-state index in [1.54, 1.807) is 60.7 Å². The lowest BCUT2D eigenvalue weighted by atomic mass is 9.75. The molecule has 0 amide bonds. The van der Waals surface area contributed by atoms with E-state index in [1.807, 2.05) is 0 Å². The summed E-state index contributed by atoms with van der Waals surface area (Å²) in [6.07, 6.45) is -2.31. The average molecular weight is 326 g/mol. The van der Waals surface area contributed by atoms with Crippen LogP contribution in [0.2, 0.25) is 0 Å². The SMILES string of the molecule is CC(=O)C(C(O)c1ccccc1)C(C(C)=O)C(O)c1ccccc1. The number of Topliss-reactive ketones (excluding diaryl/α,β-unsaturated/α-hetero) is 2. The molecule has 4 atom stereocenters. The van der Waals surface area contributed by atoms with Crippen LogP contribution in [0.4, 0.5) is 0 Å². The van der Waals surface area contributed by atoms with E-state index < -0.39 is 24.0 Å². The van der Waals surface area contributed by atoms with Crippen molar-refractivity contribution in [2.24, 2.45) is 11.8 Å². The summed E-state index contributed by atoms with van der Waals surface area (Å²) in [6, 6.07) is 17.4. The van der Waals surface area contributed by atoms with E-state index in [4.69, 9.17) is 0 Å². The van der Waals surface area contributed by atoms with Crippen molar-refractivity contribution in [3.05, 3.63) is 71.8 Å². The zero-order valence-corrected chi connectivity index (χ0v) is 13.8. The van der Waals surface area contributed by atoms with Crippen LogP contribution in [0.5, 0.6) is 0 Å². The summed E-state index contributed by atoms with van der Waals surface area (Å²) in [7, 11) is 0. The van der Waals surface area contributed by atoms with Crippen molar-refractivity contribution in [1.82, 2.24) is 0 Å². The number of aliphatic hydroxyl groups excluding tert-OH is 2. The van der Waals surface area contributed by atoms with Crippen LogP contribution in [0.1, 0.15) is 37.2 Å². The van der Waals surface area contributed by atoms with Crippen LogP contribution in [0.25, 0.3) is 0 Å². The first-order chi connectivity index (χ1) is 11.4.